The van der Waals surface area contributed by atoms with Gasteiger partial charge in [-0.15, -0.1) is 0 Å². The summed E-state index contributed by atoms with van der Waals surface area (Å²) in [6.45, 7) is -0.194. The van der Waals surface area contributed by atoms with Gasteiger partial charge in [-0.1, -0.05) is 11.6 Å². The third-order valence-electron chi connectivity index (χ3n) is 4.05. The zero-order valence-electron chi connectivity index (χ0n) is 12.1. The van der Waals surface area contributed by atoms with E-state index in [2.05, 4.69) is 15.3 Å². The highest BCUT2D eigenvalue weighted by atomic mass is 35.5. The molecule has 0 bridgehead atoms. The summed E-state index contributed by atoms with van der Waals surface area (Å²) in [5.74, 6) is 0.0284. The lowest BCUT2D eigenvalue weighted by Crippen LogP contribution is -2.35. The molecule has 1 aliphatic rings. The van der Waals surface area contributed by atoms with Gasteiger partial charge in [0.15, 0.2) is 0 Å². The fourth-order valence-electron chi connectivity index (χ4n) is 2.84. The first-order chi connectivity index (χ1) is 11.0. The molecular formula is C14H17ClN4O3S. The SMILES string of the molecule is Nc1nc(Cl)c(-c2ccsc2)c(N[C@@H]2C[C@H](CO)[C@@H](O)[C@H]2O)n1. The number of nitrogens with one attached hydrogen (secondary N) is 1. The number of nitrogens with two attached hydrogens (primary N) is 1. The van der Waals surface area contributed by atoms with Gasteiger partial charge in [0.2, 0.25) is 5.95 Å². The number of thiophene rings is 1. The number of hydrogen-bond donors (Lipinski definition) is 5. The third kappa shape index (κ3) is 3.13. The number of aromatic nitrogens is 2. The van der Waals surface area contributed by atoms with E-state index in [0.717, 1.165) is 5.56 Å². The van der Waals surface area contributed by atoms with Crippen LogP contribution in [0.25, 0.3) is 11.1 Å². The third-order valence-corrected chi connectivity index (χ3v) is 5.01. The predicted octanol–water partition coefficient (Wildman–Crippen LogP) is 0.955. The maximum Gasteiger partial charge on any atom is 0.223 e. The molecule has 2 heterocycles. The molecule has 124 valence electrons. The van der Waals surface area contributed by atoms with Crippen molar-refractivity contribution < 1.29 is 15.3 Å². The predicted molar refractivity (Wildman–Crippen MR) is 89.4 cm³/mol. The highest BCUT2D eigenvalue weighted by Crippen LogP contribution is 2.37. The van der Waals surface area contributed by atoms with Gasteiger partial charge in [-0.25, -0.2) is 4.98 Å². The smallest absolute Gasteiger partial charge is 0.223 e. The van der Waals surface area contributed by atoms with Crippen LogP contribution in [0.1, 0.15) is 6.42 Å². The minimum atomic E-state index is -1.02. The van der Waals surface area contributed by atoms with Gasteiger partial charge < -0.3 is 26.4 Å². The van der Waals surface area contributed by atoms with E-state index in [-0.39, 0.29) is 23.6 Å². The largest absolute Gasteiger partial charge is 0.396 e. The molecule has 23 heavy (non-hydrogen) atoms. The van der Waals surface area contributed by atoms with Crippen molar-refractivity contribution in [3.63, 3.8) is 0 Å². The van der Waals surface area contributed by atoms with Crippen LogP contribution in [0.4, 0.5) is 11.8 Å². The van der Waals surface area contributed by atoms with E-state index in [1.54, 1.807) is 0 Å². The molecular weight excluding hydrogens is 340 g/mol. The van der Waals surface area contributed by atoms with Crippen LogP contribution >= 0.6 is 22.9 Å². The molecule has 0 spiro atoms. The van der Waals surface area contributed by atoms with Gasteiger partial charge in [0.1, 0.15) is 17.1 Å². The van der Waals surface area contributed by atoms with Crippen molar-refractivity contribution in [3.05, 3.63) is 22.0 Å². The van der Waals surface area contributed by atoms with E-state index in [0.29, 0.717) is 17.8 Å². The highest BCUT2D eigenvalue weighted by Gasteiger charge is 2.41. The van der Waals surface area contributed by atoms with Gasteiger partial charge in [-0.05, 0) is 28.8 Å². The average molecular weight is 357 g/mol. The lowest BCUT2D eigenvalue weighted by Gasteiger charge is -2.20. The Morgan fingerprint density at radius 1 is 1.35 bits per heavy atom. The van der Waals surface area contributed by atoms with Crippen LogP contribution in [0, 0.1) is 5.92 Å². The second-order valence-corrected chi connectivity index (χ2v) is 6.66. The van der Waals surface area contributed by atoms with Crippen molar-refractivity contribution >= 4 is 34.7 Å². The van der Waals surface area contributed by atoms with Gasteiger partial charge in [-0.3, -0.25) is 0 Å². The van der Waals surface area contributed by atoms with Crippen molar-refractivity contribution in [1.29, 1.82) is 0 Å². The van der Waals surface area contributed by atoms with Gasteiger partial charge in [-0.2, -0.15) is 16.3 Å². The molecule has 2 aromatic heterocycles. The molecule has 1 saturated carbocycles. The summed E-state index contributed by atoms with van der Waals surface area (Å²) in [5.41, 5.74) is 7.11. The van der Waals surface area contributed by atoms with Crippen molar-refractivity contribution in [2.75, 3.05) is 17.7 Å². The molecule has 6 N–H and O–H groups in total. The number of anilines is 2. The topological polar surface area (TPSA) is 125 Å². The second kappa shape index (κ2) is 6.58. The summed E-state index contributed by atoms with van der Waals surface area (Å²) in [6.07, 6.45) is -1.60. The molecule has 9 heteroatoms. The van der Waals surface area contributed by atoms with E-state index in [4.69, 9.17) is 17.3 Å². The minimum Gasteiger partial charge on any atom is -0.396 e. The van der Waals surface area contributed by atoms with E-state index in [9.17, 15) is 15.3 Å². The average Bonchev–Trinajstić information content (AvgIpc) is 3.11. The number of hydrogen-bond acceptors (Lipinski definition) is 8. The molecule has 2 aromatic rings. The molecule has 7 nitrogen and oxygen atoms in total. The standard InChI is InChI=1S/C14H17ClN4O3S/c15-12-9(6-1-2-23-5-6)13(19-14(16)18-12)17-8-3-7(4-20)10(21)11(8)22/h1-2,5,7-8,10-11,20-22H,3-4H2,(H3,16,17,18,19)/t7-,8-,10-,11+/m1/s1. The first-order valence-corrected chi connectivity index (χ1v) is 8.42. The summed E-state index contributed by atoms with van der Waals surface area (Å²) >= 11 is 7.72. The molecule has 0 unspecified atom stereocenters. The monoisotopic (exact) mass is 356 g/mol. The summed E-state index contributed by atoms with van der Waals surface area (Å²) in [6, 6.07) is 1.41. The number of nitrogens with zero attached hydrogens (tertiary/aromatic N) is 2. The summed E-state index contributed by atoms with van der Waals surface area (Å²) < 4.78 is 0. The van der Waals surface area contributed by atoms with Crippen molar-refractivity contribution in [2.45, 2.75) is 24.7 Å². The highest BCUT2D eigenvalue weighted by molar-refractivity contribution is 7.08. The summed E-state index contributed by atoms with van der Waals surface area (Å²) in [7, 11) is 0. The number of nitrogen functional groups attached to an aromatic ring is 1. The molecule has 3 rings (SSSR count). The van der Waals surface area contributed by atoms with Gasteiger partial charge in [0.05, 0.1) is 17.7 Å². The Labute approximate surface area is 141 Å². The molecule has 0 aliphatic heterocycles. The Morgan fingerprint density at radius 3 is 2.74 bits per heavy atom. The van der Waals surface area contributed by atoms with Crippen LogP contribution in [-0.2, 0) is 0 Å². The fraction of sp³-hybridized carbons (Fsp3) is 0.429. The molecule has 1 aliphatic carbocycles. The second-order valence-electron chi connectivity index (χ2n) is 5.52. The van der Waals surface area contributed by atoms with E-state index in [1.165, 1.54) is 11.3 Å². The molecule has 1 fully saturated rings. The Balaban J connectivity index is 1.94. The van der Waals surface area contributed by atoms with E-state index >= 15 is 0 Å². The number of aliphatic hydroxyl groups excluding tert-OH is 3. The fourth-order valence-corrected chi connectivity index (χ4v) is 3.77. The summed E-state index contributed by atoms with van der Waals surface area (Å²) in [4.78, 5) is 8.16. The maximum absolute atomic E-state index is 10.2. The Kier molecular flexibility index (Phi) is 4.69. The molecule has 0 aromatic carbocycles. The van der Waals surface area contributed by atoms with Crippen molar-refractivity contribution in [2.24, 2.45) is 5.92 Å². The number of halogens is 1. The Hall–Kier alpha value is -1.45. The zero-order valence-corrected chi connectivity index (χ0v) is 13.6. The Morgan fingerprint density at radius 2 is 2.13 bits per heavy atom. The van der Waals surface area contributed by atoms with Crippen LogP contribution in [-0.4, -0.2) is 50.1 Å². The normalized spacial score (nSPS) is 27.3. The van der Waals surface area contributed by atoms with Gasteiger partial charge in [0.25, 0.3) is 0 Å². The minimum absolute atomic E-state index is 0.0169. The number of aliphatic hydroxyl groups is 3. The van der Waals surface area contributed by atoms with Crippen LogP contribution in [0.2, 0.25) is 5.15 Å². The lowest BCUT2D eigenvalue weighted by molar-refractivity contribution is 0.00446. The molecule has 0 radical (unpaired) electrons. The first kappa shape index (κ1) is 16.4. The quantitative estimate of drug-likeness (QED) is 0.516. The van der Waals surface area contributed by atoms with E-state index < -0.39 is 18.2 Å². The Bertz CT molecular complexity index is 685. The van der Waals surface area contributed by atoms with Crippen LogP contribution in [0.5, 0.6) is 0 Å². The van der Waals surface area contributed by atoms with Gasteiger partial charge >= 0.3 is 0 Å². The molecule has 0 amide bonds. The van der Waals surface area contributed by atoms with Crippen molar-refractivity contribution in [1.82, 2.24) is 9.97 Å². The van der Waals surface area contributed by atoms with Crippen molar-refractivity contribution in [3.8, 4) is 11.1 Å². The van der Waals surface area contributed by atoms with Crippen LogP contribution in [0.15, 0.2) is 16.8 Å². The van der Waals surface area contributed by atoms with Crippen LogP contribution in [0.3, 0.4) is 0 Å². The van der Waals surface area contributed by atoms with Crippen LogP contribution < -0.4 is 11.1 Å². The lowest BCUT2D eigenvalue weighted by atomic mass is 10.1. The van der Waals surface area contributed by atoms with Gasteiger partial charge in [0, 0.05) is 12.5 Å². The molecule has 0 saturated heterocycles. The number of rotatable bonds is 4. The van der Waals surface area contributed by atoms with E-state index in [1.807, 2.05) is 16.8 Å². The first-order valence-electron chi connectivity index (χ1n) is 7.10. The zero-order chi connectivity index (χ0) is 16.6. The molecule has 4 atom stereocenters. The maximum atomic E-state index is 10.2. The summed E-state index contributed by atoms with van der Waals surface area (Å²) in [5, 5.41) is 36.5.